The lowest BCUT2D eigenvalue weighted by Crippen LogP contribution is -1.94. The molecule has 0 atom stereocenters. The molecular weight excluding hydrogens is 460 g/mol. The van der Waals surface area contributed by atoms with Crippen LogP contribution in [0.25, 0.3) is 55.8 Å². The number of halogens is 1. The standard InChI is InChI=1S/C28H17BrN2O/c29-22-13-7-11-20(17-22)19-10-6-12-21(16-19)27-30-26(18-8-2-1-3-9-18)25-23-14-4-5-15-24(23)32-28(25)31-27/h1-17H. The van der Waals surface area contributed by atoms with Gasteiger partial charge in [-0.2, -0.15) is 4.98 Å². The highest BCUT2D eigenvalue weighted by molar-refractivity contribution is 9.10. The Hall–Kier alpha value is -3.76. The van der Waals surface area contributed by atoms with Crippen LogP contribution in [-0.4, -0.2) is 9.97 Å². The van der Waals surface area contributed by atoms with Crippen molar-refractivity contribution >= 4 is 38.0 Å². The summed E-state index contributed by atoms with van der Waals surface area (Å²) in [6.45, 7) is 0. The van der Waals surface area contributed by atoms with Crippen molar-refractivity contribution in [2.24, 2.45) is 0 Å². The summed E-state index contributed by atoms with van der Waals surface area (Å²) in [6.07, 6.45) is 0. The zero-order valence-corrected chi connectivity index (χ0v) is 18.6. The van der Waals surface area contributed by atoms with Crippen LogP contribution in [0.3, 0.4) is 0 Å². The summed E-state index contributed by atoms with van der Waals surface area (Å²) >= 11 is 3.57. The second-order valence-corrected chi connectivity index (χ2v) is 8.55. The van der Waals surface area contributed by atoms with E-state index in [-0.39, 0.29) is 0 Å². The first-order valence-corrected chi connectivity index (χ1v) is 11.2. The van der Waals surface area contributed by atoms with E-state index in [2.05, 4.69) is 58.4 Å². The third-order valence-corrected chi connectivity index (χ3v) is 6.06. The lowest BCUT2D eigenvalue weighted by atomic mass is 10.0. The van der Waals surface area contributed by atoms with E-state index in [1.54, 1.807) is 0 Å². The second kappa shape index (κ2) is 7.74. The first-order chi connectivity index (χ1) is 15.8. The number of benzene rings is 4. The van der Waals surface area contributed by atoms with Gasteiger partial charge >= 0.3 is 0 Å². The number of hydrogen-bond donors (Lipinski definition) is 0. The summed E-state index contributed by atoms with van der Waals surface area (Å²) in [5.74, 6) is 0.646. The van der Waals surface area contributed by atoms with Gasteiger partial charge in [0.15, 0.2) is 5.82 Å². The van der Waals surface area contributed by atoms with Gasteiger partial charge in [-0.05, 0) is 35.4 Å². The number of para-hydroxylation sites is 1. The Kier molecular flexibility index (Phi) is 4.58. The number of hydrogen-bond acceptors (Lipinski definition) is 3. The van der Waals surface area contributed by atoms with E-state index in [0.717, 1.165) is 48.8 Å². The molecule has 0 saturated carbocycles. The molecule has 4 heteroatoms. The number of nitrogens with zero attached hydrogens (tertiary/aromatic N) is 2. The number of aromatic nitrogens is 2. The van der Waals surface area contributed by atoms with Gasteiger partial charge in [0.1, 0.15) is 5.58 Å². The van der Waals surface area contributed by atoms with Gasteiger partial charge in [0.05, 0.1) is 11.1 Å². The predicted molar refractivity (Wildman–Crippen MR) is 133 cm³/mol. The summed E-state index contributed by atoms with van der Waals surface area (Å²) < 4.78 is 7.20. The molecule has 6 rings (SSSR count). The molecule has 0 fully saturated rings. The first kappa shape index (κ1) is 19.0. The topological polar surface area (TPSA) is 38.9 Å². The quantitative estimate of drug-likeness (QED) is 0.258. The summed E-state index contributed by atoms with van der Waals surface area (Å²) in [5, 5.41) is 1.97. The monoisotopic (exact) mass is 476 g/mol. The van der Waals surface area contributed by atoms with Gasteiger partial charge in [0, 0.05) is 21.0 Å². The van der Waals surface area contributed by atoms with Crippen LogP contribution in [0, 0.1) is 0 Å². The van der Waals surface area contributed by atoms with E-state index in [9.17, 15) is 0 Å². The lowest BCUT2D eigenvalue weighted by Gasteiger charge is -2.08. The Labute approximate surface area is 193 Å². The van der Waals surface area contributed by atoms with Gasteiger partial charge in [0.2, 0.25) is 5.71 Å². The minimum atomic E-state index is 0.600. The maximum atomic E-state index is 6.15. The Bertz CT molecular complexity index is 1590. The zero-order valence-electron chi connectivity index (χ0n) is 17.0. The molecule has 0 bridgehead atoms. The lowest BCUT2D eigenvalue weighted by molar-refractivity contribution is 0.653. The molecule has 0 aliphatic rings. The predicted octanol–water partition coefficient (Wildman–Crippen LogP) is 8.14. The molecular formula is C28H17BrN2O. The molecule has 3 nitrogen and oxygen atoms in total. The number of rotatable bonds is 3. The van der Waals surface area contributed by atoms with Crippen LogP contribution in [-0.2, 0) is 0 Å². The fourth-order valence-corrected chi connectivity index (χ4v) is 4.46. The Morgan fingerprint density at radius 2 is 1.28 bits per heavy atom. The highest BCUT2D eigenvalue weighted by Gasteiger charge is 2.18. The Balaban J connectivity index is 1.60. The van der Waals surface area contributed by atoms with Gasteiger partial charge in [-0.3, -0.25) is 0 Å². The summed E-state index contributed by atoms with van der Waals surface area (Å²) in [6, 6.07) is 34.8. The maximum Gasteiger partial charge on any atom is 0.231 e. The molecule has 152 valence electrons. The van der Waals surface area contributed by atoms with Crippen LogP contribution in [0.1, 0.15) is 0 Å². The largest absolute Gasteiger partial charge is 0.438 e. The minimum Gasteiger partial charge on any atom is -0.438 e. The fraction of sp³-hybridized carbons (Fsp3) is 0. The molecule has 0 saturated heterocycles. The average molecular weight is 477 g/mol. The van der Waals surface area contributed by atoms with Crippen LogP contribution in [0.15, 0.2) is 112 Å². The highest BCUT2D eigenvalue weighted by Crippen LogP contribution is 2.36. The van der Waals surface area contributed by atoms with Crippen molar-refractivity contribution in [3.05, 3.63) is 108 Å². The zero-order chi connectivity index (χ0) is 21.5. The highest BCUT2D eigenvalue weighted by atomic mass is 79.9. The van der Waals surface area contributed by atoms with Crippen molar-refractivity contribution in [3.63, 3.8) is 0 Å². The molecule has 2 heterocycles. The molecule has 0 unspecified atom stereocenters. The van der Waals surface area contributed by atoms with E-state index < -0.39 is 0 Å². The van der Waals surface area contributed by atoms with E-state index in [0.29, 0.717) is 11.5 Å². The molecule has 32 heavy (non-hydrogen) atoms. The average Bonchev–Trinajstić information content (AvgIpc) is 3.23. The molecule has 0 radical (unpaired) electrons. The summed E-state index contributed by atoms with van der Waals surface area (Å²) in [5.41, 5.74) is 6.52. The van der Waals surface area contributed by atoms with Crippen LogP contribution < -0.4 is 0 Å². The summed E-state index contributed by atoms with van der Waals surface area (Å²) in [7, 11) is 0. The van der Waals surface area contributed by atoms with E-state index in [1.165, 1.54) is 0 Å². The maximum absolute atomic E-state index is 6.15. The van der Waals surface area contributed by atoms with Gasteiger partial charge in [-0.1, -0.05) is 94.8 Å². The van der Waals surface area contributed by atoms with Crippen LogP contribution >= 0.6 is 15.9 Å². The molecule has 0 amide bonds. The van der Waals surface area contributed by atoms with Crippen molar-refractivity contribution in [2.75, 3.05) is 0 Å². The molecule has 2 aromatic heterocycles. The van der Waals surface area contributed by atoms with Crippen LogP contribution in [0.2, 0.25) is 0 Å². The van der Waals surface area contributed by atoms with Crippen molar-refractivity contribution in [2.45, 2.75) is 0 Å². The van der Waals surface area contributed by atoms with E-state index in [1.807, 2.05) is 60.7 Å². The second-order valence-electron chi connectivity index (χ2n) is 7.63. The molecule has 0 aliphatic carbocycles. The van der Waals surface area contributed by atoms with Crippen LogP contribution in [0.5, 0.6) is 0 Å². The van der Waals surface area contributed by atoms with Crippen molar-refractivity contribution in [1.29, 1.82) is 0 Å². The number of furan rings is 1. The smallest absolute Gasteiger partial charge is 0.231 e. The summed E-state index contributed by atoms with van der Waals surface area (Å²) in [4.78, 5) is 9.87. The first-order valence-electron chi connectivity index (χ1n) is 10.4. The van der Waals surface area contributed by atoms with Crippen molar-refractivity contribution in [1.82, 2.24) is 9.97 Å². The van der Waals surface area contributed by atoms with Crippen LogP contribution in [0.4, 0.5) is 0 Å². The molecule has 4 aromatic carbocycles. The van der Waals surface area contributed by atoms with Gasteiger partial charge in [-0.15, -0.1) is 0 Å². The van der Waals surface area contributed by atoms with Crippen molar-refractivity contribution < 1.29 is 4.42 Å². The third-order valence-electron chi connectivity index (χ3n) is 5.56. The normalized spacial score (nSPS) is 11.3. The van der Waals surface area contributed by atoms with Gasteiger partial charge < -0.3 is 4.42 Å². The SMILES string of the molecule is Brc1cccc(-c2cccc(-c3nc(-c4ccccc4)c4c(n3)oc3ccccc34)c2)c1. The third kappa shape index (κ3) is 3.29. The Morgan fingerprint density at radius 3 is 2.12 bits per heavy atom. The van der Waals surface area contributed by atoms with E-state index in [4.69, 9.17) is 14.4 Å². The van der Waals surface area contributed by atoms with Crippen molar-refractivity contribution in [3.8, 4) is 33.8 Å². The molecule has 6 aromatic rings. The fourth-order valence-electron chi connectivity index (χ4n) is 4.06. The van der Waals surface area contributed by atoms with E-state index >= 15 is 0 Å². The van der Waals surface area contributed by atoms with Gasteiger partial charge in [-0.25, -0.2) is 4.98 Å². The Morgan fingerprint density at radius 1 is 0.594 bits per heavy atom. The molecule has 0 spiro atoms. The number of fused-ring (bicyclic) bond motifs is 3. The molecule has 0 aliphatic heterocycles. The van der Waals surface area contributed by atoms with Gasteiger partial charge in [0.25, 0.3) is 0 Å². The minimum absolute atomic E-state index is 0.600. The molecule has 0 N–H and O–H groups in total.